The van der Waals surface area contributed by atoms with Crippen molar-refractivity contribution in [2.75, 3.05) is 13.1 Å². The predicted octanol–water partition coefficient (Wildman–Crippen LogP) is 2.04. The summed E-state index contributed by atoms with van der Waals surface area (Å²) in [6, 6.07) is 2.34. The van der Waals surface area contributed by atoms with Gasteiger partial charge in [0, 0.05) is 24.4 Å². The summed E-state index contributed by atoms with van der Waals surface area (Å²) in [4.78, 5) is 2.41. The molecule has 0 aromatic carbocycles. The summed E-state index contributed by atoms with van der Waals surface area (Å²) < 4.78 is 0. The quantitative estimate of drug-likeness (QED) is 0.545. The highest BCUT2D eigenvalue weighted by Gasteiger charge is 2.21. The first kappa shape index (κ1) is 7.67. The monoisotopic (exact) mass is 162 g/mol. The van der Waals surface area contributed by atoms with E-state index in [1.165, 1.54) is 38.0 Å². The molecule has 64 valence electrons. The minimum absolute atomic E-state index is 1.02. The van der Waals surface area contributed by atoms with Crippen molar-refractivity contribution in [3.8, 4) is 6.07 Å². The van der Waals surface area contributed by atoms with Crippen LogP contribution in [0.25, 0.3) is 0 Å². The summed E-state index contributed by atoms with van der Waals surface area (Å²) in [5.41, 5.74) is 2.41. The summed E-state index contributed by atoms with van der Waals surface area (Å²) in [6.45, 7) is 2.36. The van der Waals surface area contributed by atoms with Gasteiger partial charge in [-0.15, -0.1) is 0 Å². The van der Waals surface area contributed by atoms with Crippen LogP contribution in [0.1, 0.15) is 32.1 Å². The lowest BCUT2D eigenvalue weighted by Gasteiger charge is -2.35. The van der Waals surface area contributed by atoms with E-state index in [4.69, 9.17) is 5.26 Å². The zero-order chi connectivity index (χ0) is 8.39. The Hall–Kier alpha value is -0.970. The predicted molar refractivity (Wildman–Crippen MR) is 47.3 cm³/mol. The second-order valence-corrected chi connectivity index (χ2v) is 3.58. The lowest BCUT2D eigenvalue weighted by atomic mass is 9.96. The largest absolute Gasteiger partial charge is 0.374 e. The maximum Gasteiger partial charge on any atom is 0.0965 e. The molecular formula is C10H14N2. The van der Waals surface area contributed by atoms with Crippen LogP contribution in [0.5, 0.6) is 0 Å². The lowest BCUT2D eigenvalue weighted by Crippen LogP contribution is -2.32. The van der Waals surface area contributed by atoms with Gasteiger partial charge in [-0.1, -0.05) is 0 Å². The third kappa shape index (κ3) is 1.20. The Morgan fingerprint density at radius 1 is 1.08 bits per heavy atom. The number of allylic oxidation sites excluding steroid dienone is 2. The first-order valence-electron chi connectivity index (χ1n) is 4.79. The second kappa shape index (κ2) is 3.18. The summed E-state index contributed by atoms with van der Waals surface area (Å²) in [5.74, 6) is 0. The van der Waals surface area contributed by atoms with E-state index in [0.717, 1.165) is 18.4 Å². The number of hydrogen-bond acceptors (Lipinski definition) is 2. The van der Waals surface area contributed by atoms with Crippen LogP contribution < -0.4 is 0 Å². The van der Waals surface area contributed by atoms with Gasteiger partial charge in [0.25, 0.3) is 0 Å². The van der Waals surface area contributed by atoms with E-state index in [9.17, 15) is 0 Å². The molecule has 2 nitrogen and oxygen atoms in total. The van der Waals surface area contributed by atoms with Crippen LogP contribution in [0.15, 0.2) is 11.3 Å². The zero-order valence-corrected chi connectivity index (χ0v) is 7.34. The fourth-order valence-corrected chi connectivity index (χ4v) is 2.19. The van der Waals surface area contributed by atoms with Crippen molar-refractivity contribution in [1.82, 2.24) is 4.90 Å². The molecule has 0 atom stereocenters. The molecule has 0 aromatic rings. The molecule has 0 bridgehead atoms. The van der Waals surface area contributed by atoms with Crippen molar-refractivity contribution in [1.29, 1.82) is 5.26 Å². The number of hydrogen-bond donors (Lipinski definition) is 0. The lowest BCUT2D eigenvalue weighted by molar-refractivity contribution is 0.269. The van der Waals surface area contributed by atoms with Crippen LogP contribution in [0.3, 0.4) is 0 Å². The number of rotatable bonds is 0. The average Bonchev–Trinajstić information content (AvgIpc) is 2.17. The van der Waals surface area contributed by atoms with Crippen molar-refractivity contribution in [2.24, 2.45) is 0 Å². The van der Waals surface area contributed by atoms with Gasteiger partial charge in [-0.25, -0.2) is 0 Å². The van der Waals surface area contributed by atoms with E-state index in [0.29, 0.717) is 0 Å². The van der Waals surface area contributed by atoms with E-state index < -0.39 is 0 Å². The summed E-state index contributed by atoms with van der Waals surface area (Å²) in [7, 11) is 0. The van der Waals surface area contributed by atoms with Gasteiger partial charge in [-0.05, 0) is 32.1 Å². The Balaban J connectivity index is 2.26. The molecule has 1 fully saturated rings. The molecule has 0 saturated carbocycles. The zero-order valence-electron chi connectivity index (χ0n) is 7.34. The smallest absolute Gasteiger partial charge is 0.0965 e. The van der Waals surface area contributed by atoms with E-state index >= 15 is 0 Å². The van der Waals surface area contributed by atoms with E-state index in [2.05, 4.69) is 11.0 Å². The molecule has 2 rings (SSSR count). The molecule has 0 N–H and O–H groups in total. The van der Waals surface area contributed by atoms with Gasteiger partial charge in [-0.3, -0.25) is 0 Å². The van der Waals surface area contributed by atoms with Crippen molar-refractivity contribution in [3.05, 3.63) is 11.3 Å². The second-order valence-electron chi connectivity index (χ2n) is 3.58. The Labute approximate surface area is 73.5 Å². The number of nitrogens with zero attached hydrogens (tertiary/aromatic N) is 2. The molecule has 0 spiro atoms. The van der Waals surface area contributed by atoms with Crippen LogP contribution >= 0.6 is 0 Å². The SMILES string of the molecule is N#CC1=C2CCCCN2CCC1. The van der Waals surface area contributed by atoms with Gasteiger partial charge in [0.05, 0.1) is 6.07 Å². The summed E-state index contributed by atoms with van der Waals surface area (Å²) in [5, 5.41) is 8.90. The van der Waals surface area contributed by atoms with E-state index in [1.807, 2.05) is 0 Å². The molecule has 1 saturated heterocycles. The number of fused-ring (bicyclic) bond motifs is 1. The van der Waals surface area contributed by atoms with Gasteiger partial charge in [0.2, 0.25) is 0 Å². The molecule has 0 amide bonds. The molecule has 2 heterocycles. The van der Waals surface area contributed by atoms with Gasteiger partial charge < -0.3 is 4.90 Å². The van der Waals surface area contributed by atoms with Crippen molar-refractivity contribution < 1.29 is 0 Å². The van der Waals surface area contributed by atoms with Gasteiger partial charge in [0.1, 0.15) is 0 Å². The molecule has 0 unspecified atom stereocenters. The van der Waals surface area contributed by atoms with Crippen molar-refractivity contribution in [2.45, 2.75) is 32.1 Å². The van der Waals surface area contributed by atoms with Crippen molar-refractivity contribution >= 4 is 0 Å². The Morgan fingerprint density at radius 3 is 2.75 bits per heavy atom. The standard InChI is InChI=1S/C10H14N2/c11-8-9-4-3-7-12-6-2-1-5-10(9)12/h1-7H2. The molecule has 0 radical (unpaired) electrons. The molecule has 0 aliphatic carbocycles. The molecule has 12 heavy (non-hydrogen) atoms. The van der Waals surface area contributed by atoms with Crippen LogP contribution in [0.4, 0.5) is 0 Å². The van der Waals surface area contributed by atoms with Crippen molar-refractivity contribution in [3.63, 3.8) is 0 Å². The molecular weight excluding hydrogens is 148 g/mol. The fraction of sp³-hybridized carbons (Fsp3) is 0.700. The maximum atomic E-state index is 8.90. The number of nitriles is 1. The van der Waals surface area contributed by atoms with Crippen LogP contribution in [0.2, 0.25) is 0 Å². The highest BCUT2D eigenvalue weighted by atomic mass is 15.1. The third-order valence-corrected chi connectivity index (χ3v) is 2.81. The Morgan fingerprint density at radius 2 is 1.92 bits per heavy atom. The maximum absolute atomic E-state index is 8.90. The van der Waals surface area contributed by atoms with Crippen LogP contribution in [0, 0.1) is 11.3 Å². The van der Waals surface area contributed by atoms with Crippen LogP contribution in [-0.2, 0) is 0 Å². The van der Waals surface area contributed by atoms with Crippen LogP contribution in [-0.4, -0.2) is 18.0 Å². The average molecular weight is 162 g/mol. The fourth-order valence-electron chi connectivity index (χ4n) is 2.19. The minimum atomic E-state index is 1.02. The number of piperidine rings is 1. The summed E-state index contributed by atoms with van der Waals surface area (Å²) >= 11 is 0. The highest BCUT2D eigenvalue weighted by molar-refractivity contribution is 5.29. The molecule has 0 aromatic heterocycles. The Bertz CT molecular complexity index is 247. The van der Waals surface area contributed by atoms with E-state index in [1.54, 1.807) is 0 Å². The van der Waals surface area contributed by atoms with E-state index in [-0.39, 0.29) is 0 Å². The molecule has 2 aliphatic rings. The first-order chi connectivity index (χ1) is 5.92. The topological polar surface area (TPSA) is 27.0 Å². The van der Waals surface area contributed by atoms with Gasteiger partial charge in [0.15, 0.2) is 0 Å². The summed E-state index contributed by atoms with van der Waals surface area (Å²) in [6.07, 6.45) is 5.91. The van der Waals surface area contributed by atoms with Gasteiger partial charge >= 0.3 is 0 Å². The molecule has 2 aliphatic heterocycles. The highest BCUT2D eigenvalue weighted by Crippen LogP contribution is 2.29. The first-order valence-corrected chi connectivity index (χ1v) is 4.79. The molecule has 2 heteroatoms. The Kier molecular flexibility index (Phi) is 2.03. The third-order valence-electron chi connectivity index (χ3n) is 2.81. The van der Waals surface area contributed by atoms with Gasteiger partial charge in [-0.2, -0.15) is 5.26 Å². The normalized spacial score (nSPS) is 23.4. The minimum Gasteiger partial charge on any atom is -0.374 e.